The number of halogens is 1. The summed E-state index contributed by atoms with van der Waals surface area (Å²) in [5.41, 5.74) is 7.77. The molecule has 0 saturated carbocycles. The monoisotopic (exact) mass is 912 g/mol. The zero-order chi connectivity index (χ0) is 44.4. The van der Waals surface area contributed by atoms with Gasteiger partial charge >= 0.3 is 0 Å². The summed E-state index contributed by atoms with van der Waals surface area (Å²) in [5.74, 6) is 0.379. The maximum absolute atomic E-state index is 14.0. The highest BCUT2D eigenvalue weighted by molar-refractivity contribution is 7.91. The van der Waals surface area contributed by atoms with Gasteiger partial charge in [-0.2, -0.15) is 0 Å². The van der Waals surface area contributed by atoms with Crippen LogP contribution in [0, 0.1) is 12.3 Å². The number of H-pyrrole nitrogens is 1. The van der Waals surface area contributed by atoms with Gasteiger partial charge in [-0.05, 0) is 122 Å². The summed E-state index contributed by atoms with van der Waals surface area (Å²) in [6.07, 6.45) is 5.89. The van der Waals surface area contributed by atoms with Gasteiger partial charge in [-0.15, -0.1) is 0 Å². The van der Waals surface area contributed by atoms with Gasteiger partial charge in [-0.25, -0.2) is 21.6 Å². The highest BCUT2D eigenvalue weighted by Gasteiger charge is 2.30. The summed E-state index contributed by atoms with van der Waals surface area (Å²) in [4.78, 5) is 24.1. The Labute approximate surface area is 376 Å². The predicted octanol–water partition coefficient (Wildman–Crippen LogP) is 8.36. The first kappa shape index (κ1) is 44.7. The van der Waals surface area contributed by atoms with Crippen molar-refractivity contribution in [3.63, 3.8) is 0 Å². The van der Waals surface area contributed by atoms with Crippen molar-refractivity contribution in [2.24, 2.45) is 5.41 Å². The number of fused-ring (bicyclic) bond motifs is 1. The van der Waals surface area contributed by atoms with Crippen LogP contribution in [0.5, 0.6) is 11.5 Å². The van der Waals surface area contributed by atoms with E-state index in [2.05, 4.69) is 55.7 Å². The average Bonchev–Trinajstić information content (AvgIpc) is 3.75. The number of aryl methyl sites for hydroxylation is 1. The summed E-state index contributed by atoms with van der Waals surface area (Å²) in [6.45, 7) is 13.2. The van der Waals surface area contributed by atoms with Crippen LogP contribution < -0.4 is 19.7 Å². The van der Waals surface area contributed by atoms with Crippen LogP contribution in [0.1, 0.15) is 61.0 Å². The lowest BCUT2D eigenvalue weighted by atomic mass is 9.72. The normalized spacial score (nSPS) is 18.4. The second-order valence-electron chi connectivity index (χ2n) is 17.9. The number of hydrogen-bond acceptors (Lipinski definition) is 10. The van der Waals surface area contributed by atoms with Crippen molar-refractivity contribution >= 4 is 65.2 Å². The summed E-state index contributed by atoms with van der Waals surface area (Å²) in [6, 6.07) is 25.9. The van der Waals surface area contributed by atoms with Gasteiger partial charge in [0.15, 0.2) is 9.84 Å². The lowest BCUT2D eigenvalue weighted by Crippen LogP contribution is -2.47. The predicted molar refractivity (Wildman–Crippen MR) is 254 cm³/mol. The summed E-state index contributed by atoms with van der Waals surface area (Å²) in [7, 11) is -7.18. The Morgan fingerprint density at radius 2 is 1.65 bits per heavy atom. The number of sulfonamides is 1. The average molecular weight is 914 g/mol. The lowest BCUT2D eigenvalue weighted by Gasteiger charge is -2.39. The van der Waals surface area contributed by atoms with E-state index in [-0.39, 0.29) is 33.1 Å². The number of allylic oxidation sites excluding steroid dienone is 1. The van der Waals surface area contributed by atoms with Gasteiger partial charge in [0.25, 0.3) is 15.9 Å². The Morgan fingerprint density at radius 3 is 2.40 bits per heavy atom. The number of amides is 1. The highest BCUT2D eigenvalue weighted by Crippen LogP contribution is 2.43. The van der Waals surface area contributed by atoms with Crippen LogP contribution in [0.15, 0.2) is 102 Å². The Morgan fingerprint density at radius 1 is 0.889 bits per heavy atom. The number of carbonyl (C=O) groups excluding carboxylic acids is 1. The third-order valence-electron chi connectivity index (χ3n) is 12.7. The van der Waals surface area contributed by atoms with E-state index in [9.17, 15) is 21.6 Å². The zero-order valence-electron chi connectivity index (χ0n) is 36.3. The molecular formula is C48H57ClN6O6S2. The van der Waals surface area contributed by atoms with Gasteiger partial charge in [0.2, 0.25) is 0 Å². The second-order valence-corrected chi connectivity index (χ2v) is 22.3. The number of nitrogens with zero attached hydrogens (tertiary/aromatic N) is 3. The number of nitrogens with one attached hydrogen (secondary N) is 3. The van der Waals surface area contributed by atoms with E-state index in [0.717, 1.165) is 92.3 Å². The molecule has 0 spiro atoms. The minimum Gasteiger partial charge on any atom is -0.456 e. The molecule has 15 heteroatoms. The molecule has 2 fully saturated rings. The second kappa shape index (κ2) is 18.7. The number of piperazine rings is 1. The fourth-order valence-corrected chi connectivity index (χ4v) is 11.3. The van der Waals surface area contributed by atoms with E-state index >= 15 is 0 Å². The topological polar surface area (TPSA) is 144 Å². The molecular weight excluding hydrogens is 856 g/mol. The molecule has 1 aromatic heterocycles. The number of carbonyl (C=O) groups is 1. The van der Waals surface area contributed by atoms with Gasteiger partial charge in [0, 0.05) is 91.9 Å². The molecule has 1 amide bonds. The van der Waals surface area contributed by atoms with Crippen LogP contribution in [-0.2, 0) is 19.9 Å². The Hall–Kier alpha value is -4.86. The van der Waals surface area contributed by atoms with Gasteiger partial charge in [0.1, 0.15) is 11.5 Å². The van der Waals surface area contributed by atoms with Crippen LogP contribution in [0.2, 0.25) is 5.02 Å². The number of benzene rings is 4. The molecule has 5 aromatic rings. The fraction of sp³-hybridized carbons (Fsp3) is 0.396. The summed E-state index contributed by atoms with van der Waals surface area (Å²) >= 11 is 6.25. The molecule has 3 heterocycles. The number of aromatic nitrogens is 1. The van der Waals surface area contributed by atoms with Crippen LogP contribution in [0.4, 0.5) is 11.4 Å². The Bertz CT molecular complexity index is 2710. The summed E-state index contributed by atoms with van der Waals surface area (Å²) in [5, 5.41) is 4.94. The smallest absolute Gasteiger partial charge is 0.268 e. The first-order valence-corrected chi connectivity index (χ1v) is 25.5. The van der Waals surface area contributed by atoms with Crippen molar-refractivity contribution in [2.45, 2.75) is 51.3 Å². The standard InChI is InChI=1S/C48H57ClN6O6S2/c1-34-30-39(13-15-43(34)50-19-5-21-53-26-28-62(57,58)29-27-53)63(59,60)52-47(56)41-14-12-38(31-46(41)61-45-7-4-6-44-40(45)17-20-51-44)55-24-22-54(23-25-55)33-36-16-18-48(2,3)32-42(36)35-8-10-37(49)11-9-35/h4,6-15,17,20,30-31,50-51H,5,16,18-19,21-29,32-33H2,1-3H3,(H,52,56). The third-order valence-corrected chi connectivity index (χ3v) is 15.8. The molecule has 334 valence electrons. The molecule has 12 nitrogen and oxygen atoms in total. The number of aromatic amines is 1. The number of hydrogen-bond donors (Lipinski definition) is 3. The molecule has 4 aromatic carbocycles. The van der Waals surface area contributed by atoms with E-state index in [1.54, 1.807) is 18.2 Å². The van der Waals surface area contributed by atoms with Crippen molar-refractivity contribution in [1.29, 1.82) is 0 Å². The van der Waals surface area contributed by atoms with E-state index in [4.69, 9.17) is 16.3 Å². The number of ether oxygens (including phenoxy) is 1. The van der Waals surface area contributed by atoms with Crippen LogP contribution in [-0.4, -0.2) is 108 Å². The molecule has 2 aliphatic heterocycles. The van der Waals surface area contributed by atoms with Crippen molar-refractivity contribution in [3.8, 4) is 11.5 Å². The fourth-order valence-electron chi connectivity index (χ4n) is 8.88. The molecule has 1 aliphatic carbocycles. The third kappa shape index (κ3) is 10.9. The molecule has 3 aliphatic rings. The molecule has 0 radical (unpaired) electrons. The molecule has 0 unspecified atom stereocenters. The molecule has 63 heavy (non-hydrogen) atoms. The van der Waals surface area contributed by atoms with Crippen molar-refractivity contribution in [2.75, 3.05) is 80.6 Å². The first-order chi connectivity index (χ1) is 30.1. The van der Waals surface area contributed by atoms with Gasteiger partial charge in [0.05, 0.1) is 22.0 Å². The van der Waals surface area contributed by atoms with E-state index in [1.165, 1.54) is 22.8 Å². The van der Waals surface area contributed by atoms with Crippen molar-refractivity contribution in [1.82, 2.24) is 19.5 Å². The number of anilines is 2. The highest BCUT2D eigenvalue weighted by atomic mass is 35.5. The van der Waals surface area contributed by atoms with E-state index in [0.29, 0.717) is 30.9 Å². The Balaban J connectivity index is 0.954. The van der Waals surface area contributed by atoms with Crippen molar-refractivity contribution in [3.05, 3.63) is 118 Å². The molecule has 8 rings (SSSR count). The molecule has 0 bridgehead atoms. The zero-order valence-corrected chi connectivity index (χ0v) is 38.6. The number of rotatable bonds is 14. The molecule has 3 N–H and O–H groups in total. The number of sulfone groups is 1. The van der Waals surface area contributed by atoms with Crippen molar-refractivity contribution < 1.29 is 26.4 Å². The minimum atomic E-state index is -4.26. The van der Waals surface area contributed by atoms with Crippen LogP contribution in [0.3, 0.4) is 0 Å². The minimum absolute atomic E-state index is 0.0320. The van der Waals surface area contributed by atoms with Crippen LogP contribution >= 0.6 is 11.6 Å². The maximum atomic E-state index is 14.0. The largest absolute Gasteiger partial charge is 0.456 e. The molecule has 0 atom stereocenters. The van der Waals surface area contributed by atoms with E-state index < -0.39 is 25.8 Å². The van der Waals surface area contributed by atoms with Crippen LogP contribution in [0.25, 0.3) is 16.5 Å². The van der Waals surface area contributed by atoms with Gasteiger partial charge in [-0.3, -0.25) is 9.69 Å². The first-order valence-electron chi connectivity index (χ1n) is 21.8. The Kier molecular flexibility index (Phi) is 13.3. The van der Waals surface area contributed by atoms with Gasteiger partial charge < -0.3 is 24.8 Å². The van der Waals surface area contributed by atoms with Gasteiger partial charge in [-0.1, -0.05) is 49.2 Å². The summed E-state index contributed by atoms with van der Waals surface area (Å²) < 4.78 is 59.8. The van der Waals surface area contributed by atoms with E-state index in [1.807, 2.05) is 61.7 Å². The lowest BCUT2D eigenvalue weighted by molar-refractivity contribution is 0.0979. The maximum Gasteiger partial charge on any atom is 0.268 e. The SMILES string of the molecule is Cc1cc(S(=O)(=O)NC(=O)c2ccc(N3CCN(CC4=C(c5ccc(Cl)cc5)CC(C)(C)CC4)CC3)cc2Oc2cccc3[nH]ccc23)ccc1NCCCN1CCS(=O)(=O)CC1. The molecule has 2 saturated heterocycles. The quantitative estimate of drug-likeness (QED) is 0.0931.